The molecule has 0 radical (unpaired) electrons. The van der Waals surface area contributed by atoms with Crippen molar-refractivity contribution in [3.63, 3.8) is 0 Å². The van der Waals surface area contributed by atoms with E-state index in [2.05, 4.69) is 0 Å². The maximum absolute atomic E-state index is 11.8. The Bertz CT molecular complexity index is 576. The molecule has 0 spiro atoms. The molecule has 1 aromatic carbocycles. The summed E-state index contributed by atoms with van der Waals surface area (Å²) in [6.07, 6.45) is 6.38. The van der Waals surface area contributed by atoms with Gasteiger partial charge in [0.1, 0.15) is 0 Å². The van der Waals surface area contributed by atoms with E-state index in [0.29, 0.717) is 0 Å². The van der Waals surface area contributed by atoms with Crippen LogP contribution in [0, 0.1) is 16.0 Å². The minimum absolute atomic E-state index is 0.0871. The molecule has 0 aliphatic heterocycles. The van der Waals surface area contributed by atoms with Crippen LogP contribution >= 0.6 is 0 Å². The summed E-state index contributed by atoms with van der Waals surface area (Å²) in [4.78, 5) is 33.6. The summed E-state index contributed by atoms with van der Waals surface area (Å²) in [6.45, 7) is -0.346. The number of ketones is 1. The molecular formula is C15H15NO5. The highest BCUT2D eigenvalue weighted by Gasteiger charge is 2.20. The van der Waals surface area contributed by atoms with Gasteiger partial charge in [0.2, 0.25) is 0 Å². The van der Waals surface area contributed by atoms with Crippen LogP contribution in [0.25, 0.3) is 0 Å². The molecule has 0 aromatic heterocycles. The number of allylic oxidation sites excluding steroid dienone is 1. The number of esters is 1. The molecule has 0 unspecified atom stereocenters. The molecule has 1 aliphatic carbocycles. The summed E-state index contributed by atoms with van der Waals surface area (Å²) in [7, 11) is 0. The molecule has 0 amide bonds. The molecule has 0 saturated carbocycles. The number of carbonyl (C=O) groups excluding carboxylic acids is 2. The number of nitrogens with zero attached hydrogens (tertiary/aromatic N) is 1. The lowest BCUT2D eigenvalue weighted by atomic mass is 9.96. The number of hydrogen-bond donors (Lipinski definition) is 0. The fourth-order valence-corrected chi connectivity index (χ4v) is 2.10. The Morgan fingerprint density at radius 1 is 1.29 bits per heavy atom. The molecule has 0 heterocycles. The van der Waals surface area contributed by atoms with Gasteiger partial charge in [-0.05, 0) is 31.4 Å². The van der Waals surface area contributed by atoms with E-state index in [4.69, 9.17) is 4.74 Å². The Morgan fingerprint density at radius 2 is 2.00 bits per heavy atom. The van der Waals surface area contributed by atoms with Crippen LogP contribution in [0.5, 0.6) is 0 Å². The van der Waals surface area contributed by atoms with Crippen molar-refractivity contribution in [2.45, 2.75) is 19.3 Å². The Labute approximate surface area is 121 Å². The second-order valence-electron chi connectivity index (χ2n) is 4.80. The maximum atomic E-state index is 11.8. The van der Waals surface area contributed by atoms with Crippen molar-refractivity contribution < 1.29 is 19.2 Å². The Kier molecular flexibility index (Phi) is 4.81. The van der Waals surface area contributed by atoms with Gasteiger partial charge in [-0.25, -0.2) is 0 Å². The normalized spacial score (nSPS) is 17.2. The maximum Gasteiger partial charge on any atom is 0.313 e. The molecule has 0 fully saturated rings. The van der Waals surface area contributed by atoms with Crippen LogP contribution in [-0.4, -0.2) is 23.3 Å². The number of nitro benzene ring substituents is 1. The van der Waals surface area contributed by atoms with Crippen molar-refractivity contribution in [2.75, 3.05) is 6.61 Å². The van der Waals surface area contributed by atoms with E-state index in [1.807, 2.05) is 12.2 Å². The van der Waals surface area contributed by atoms with Crippen LogP contribution in [0.2, 0.25) is 0 Å². The Hall–Kier alpha value is -2.50. The topological polar surface area (TPSA) is 86.5 Å². The predicted octanol–water partition coefficient (Wildman–Crippen LogP) is 2.68. The molecule has 110 valence electrons. The molecule has 21 heavy (non-hydrogen) atoms. The summed E-state index contributed by atoms with van der Waals surface area (Å²) >= 11 is 0. The van der Waals surface area contributed by atoms with E-state index in [-0.39, 0.29) is 29.6 Å². The lowest BCUT2D eigenvalue weighted by Gasteiger charge is -2.14. The number of non-ortho nitro benzene ring substituents is 1. The van der Waals surface area contributed by atoms with Crippen molar-refractivity contribution in [3.8, 4) is 0 Å². The summed E-state index contributed by atoms with van der Waals surface area (Å²) in [6, 6.07) is 5.21. The second kappa shape index (κ2) is 6.78. The molecule has 2 rings (SSSR count). The van der Waals surface area contributed by atoms with E-state index in [9.17, 15) is 19.7 Å². The van der Waals surface area contributed by atoms with Gasteiger partial charge in [-0.2, -0.15) is 0 Å². The fourth-order valence-electron chi connectivity index (χ4n) is 2.10. The summed E-state index contributed by atoms with van der Waals surface area (Å²) < 4.78 is 5.00. The lowest BCUT2D eigenvalue weighted by Crippen LogP contribution is -2.21. The third kappa shape index (κ3) is 3.98. The average Bonchev–Trinajstić information content (AvgIpc) is 2.53. The molecule has 0 N–H and O–H groups in total. The molecule has 6 nitrogen and oxygen atoms in total. The van der Waals surface area contributed by atoms with Gasteiger partial charge in [0.15, 0.2) is 12.4 Å². The highest BCUT2D eigenvalue weighted by atomic mass is 16.6. The first-order valence-corrected chi connectivity index (χ1v) is 6.69. The van der Waals surface area contributed by atoms with Crippen LogP contribution in [-0.2, 0) is 9.53 Å². The number of ether oxygens (including phenoxy) is 1. The van der Waals surface area contributed by atoms with Gasteiger partial charge in [0.05, 0.1) is 10.8 Å². The third-order valence-electron chi connectivity index (χ3n) is 3.30. The quantitative estimate of drug-likeness (QED) is 0.273. The minimum Gasteiger partial charge on any atom is -0.457 e. The molecule has 0 saturated heterocycles. The van der Waals surface area contributed by atoms with Crippen LogP contribution in [0.4, 0.5) is 5.69 Å². The minimum atomic E-state index is -0.538. The Morgan fingerprint density at radius 3 is 2.57 bits per heavy atom. The largest absolute Gasteiger partial charge is 0.457 e. The van der Waals surface area contributed by atoms with Gasteiger partial charge >= 0.3 is 5.97 Å². The van der Waals surface area contributed by atoms with Crippen molar-refractivity contribution in [2.24, 2.45) is 5.92 Å². The van der Waals surface area contributed by atoms with Crippen LogP contribution in [0.15, 0.2) is 36.4 Å². The molecule has 1 atom stereocenters. The highest BCUT2D eigenvalue weighted by Crippen LogP contribution is 2.18. The van der Waals surface area contributed by atoms with E-state index in [1.165, 1.54) is 24.3 Å². The van der Waals surface area contributed by atoms with Crippen molar-refractivity contribution in [1.29, 1.82) is 0 Å². The number of carbonyl (C=O) groups is 2. The zero-order valence-electron chi connectivity index (χ0n) is 11.4. The van der Waals surface area contributed by atoms with Gasteiger partial charge in [0, 0.05) is 17.7 Å². The number of hydrogen-bond acceptors (Lipinski definition) is 5. The van der Waals surface area contributed by atoms with Gasteiger partial charge in [-0.15, -0.1) is 0 Å². The molecule has 1 aromatic rings. The standard InChI is InChI=1S/C15H15NO5/c17-14(11-6-8-13(9-7-11)16(19)20)10-21-15(18)12-4-2-1-3-5-12/h2,4,6-9,12H,1,3,5,10H2/t12-/m1/s1. The molecular weight excluding hydrogens is 274 g/mol. The first-order valence-electron chi connectivity index (χ1n) is 6.69. The lowest BCUT2D eigenvalue weighted by molar-refractivity contribution is -0.384. The molecule has 1 aliphatic rings. The van der Waals surface area contributed by atoms with Gasteiger partial charge in [-0.3, -0.25) is 19.7 Å². The summed E-state index contributed by atoms with van der Waals surface area (Å²) in [5.41, 5.74) is 0.198. The van der Waals surface area contributed by atoms with Gasteiger partial charge < -0.3 is 4.74 Å². The number of Topliss-reactive ketones (excluding diaryl/α,β-unsaturated/α-hetero) is 1. The van der Waals surface area contributed by atoms with Crippen LogP contribution in [0.3, 0.4) is 0 Å². The highest BCUT2D eigenvalue weighted by molar-refractivity contribution is 5.98. The van der Waals surface area contributed by atoms with Gasteiger partial charge in [0.25, 0.3) is 5.69 Å². The van der Waals surface area contributed by atoms with E-state index >= 15 is 0 Å². The predicted molar refractivity (Wildman–Crippen MR) is 74.9 cm³/mol. The average molecular weight is 289 g/mol. The zero-order valence-corrected chi connectivity index (χ0v) is 11.4. The van der Waals surface area contributed by atoms with Crippen molar-refractivity contribution in [1.82, 2.24) is 0 Å². The monoisotopic (exact) mass is 289 g/mol. The van der Waals surface area contributed by atoms with Crippen molar-refractivity contribution in [3.05, 3.63) is 52.1 Å². The first kappa shape index (κ1) is 14.9. The number of rotatable bonds is 5. The van der Waals surface area contributed by atoms with E-state index in [0.717, 1.165) is 19.3 Å². The van der Waals surface area contributed by atoms with Crippen LogP contribution < -0.4 is 0 Å². The molecule has 6 heteroatoms. The van der Waals surface area contributed by atoms with Gasteiger partial charge in [-0.1, -0.05) is 12.2 Å². The molecule has 0 bridgehead atoms. The van der Waals surface area contributed by atoms with E-state index < -0.39 is 10.9 Å². The smallest absolute Gasteiger partial charge is 0.313 e. The fraction of sp³-hybridized carbons (Fsp3) is 0.333. The SMILES string of the molecule is O=C(COC(=O)[C@@H]1C=CCCC1)c1ccc([N+](=O)[O-])cc1. The van der Waals surface area contributed by atoms with E-state index in [1.54, 1.807) is 0 Å². The zero-order chi connectivity index (χ0) is 15.2. The third-order valence-corrected chi connectivity index (χ3v) is 3.30. The second-order valence-corrected chi connectivity index (χ2v) is 4.80. The number of nitro groups is 1. The first-order chi connectivity index (χ1) is 10.1. The van der Waals surface area contributed by atoms with Crippen LogP contribution in [0.1, 0.15) is 29.6 Å². The Balaban J connectivity index is 1.89. The summed E-state index contributed by atoms with van der Waals surface area (Å²) in [5, 5.41) is 10.5. The summed E-state index contributed by atoms with van der Waals surface area (Å²) in [5.74, 6) is -1.05. The van der Waals surface area contributed by atoms with Crippen molar-refractivity contribution >= 4 is 17.4 Å². The number of benzene rings is 1.